The Morgan fingerprint density at radius 3 is 2.67 bits per heavy atom. The number of carbonyl (C=O) groups is 1. The van der Waals surface area contributed by atoms with Gasteiger partial charge in [-0.25, -0.2) is 24.0 Å². The molecule has 4 aromatic rings. The number of H-pyrrole nitrogens is 1. The third kappa shape index (κ3) is 5.31. The summed E-state index contributed by atoms with van der Waals surface area (Å²) >= 11 is 0. The maximum Gasteiger partial charge on any atom is 0.313 e. The highest BCUT2D eigenvalue weighted by atomic mass is 19.1. The van der Waals surface area contributed by atoms with Gasteiger partial charge in [-0.3, -0.25) is 4.79 Å². The zero-order chi connectivity index (χ0) is 27.1. The predicted molar refractivity (Wildman–Crippen MR) is 141 cm³/mol. The van der Waals surface area contributed by atoms with E-state index in [4.69, 9.17) is 4.74 Å². The Bertz CT molecular complexity index is 1490. The average molecular weight is 532 g/mol. The van der Waals surface area contributed by atoms with Gasteiger partial charge in [0.1, 0.15) is 5.82 Å². The molecule has 4 heterocycles. The van der Waals surface area contributed by atoms with Crippen molar-refractivity contribution >= 4 is 17.9 Å². The van der Waals surface area contributed by atoms with Gasteiger partial charge in [0.2, 0.25) is 11.9 Å². The molecule has 0 saturated carbocycles. The molecule has 2 N–H and O–H groups in total. The molecule has 1 aliphatic heterocycles. The van der Waals surface area contributed by atoms with Crippen LogP contribution in [-0.2, 0) is 29.1 Å². The van der Waals surface area contributed by atoms with Crippen LogP contribution in [0.3, 0.4) is 0 Å². The monoisotopic (exact) mass is 531 g/mol. The Labute approximate surface area is 224 Å². The van der Waals surface area contributed by atoms with Gasteiger partial charge < -0.3 is 19.9 Å². The van der Waals surface area contributed by atoms with Crippen LogP contribution in [0, 0.1) is 11.2 Å². The molecular weight excluding hydrogens is 501 g/mol. The molecule has 3 aromatic heterocycles. The average Bonchev–Trinajstić information content (AvgIpc) is 3.61. The number of rotatable bonds is 7. The number of carbonyl (C=O) groups excluding carboxylic acids is 1. The quantitative estimate of drug-likeness (QED) is 0.345. The summed E-state index contributed by atoms with van der Waals surface area (Å²) in [4.78, 5) is 30.9. The minimum absolute atomic E-state index is 0.0474. The summed E-state index contributed by atoms with van der Waals surface area (Å²) in [6, 6.07) is 5.11. The second-order valence-electron chi connectivity index (χ2n) is 11.2. The first-order chi connectivity index (χ1) is 18.7. The Hall–Kier alpha value is -4.35. The SMILES string of the molecule is CC(C)(C)C(=O)OCn1cc(C2CN(c3ncc(-c4cnc(NC5Cc6ccc(F)cc6C5)nc4)[nH]3)C2)nn1. The fraction of sp³-hybridized carbons (Fsp3) is 0.407. The molecule has 6 rings (SSSR count). The van der Waals surface area contributed by atoms with Crippen molar-refractivity contribution in [2.75, 3.05) is 23.3 Å². The number of esters is 1. The summed E-state index contributed by atoms with van der Waals surface area (Å²) in [5.41, 5.74) is 4.16. The number of hydrogen-bond acceptors (Lipinski definition) is 9. The van der Waals surface area contributed by atoms with Gasteiger partial charge in [0.05, 0.1) is 29.2 Å². The summed E-state index contributed by atoms with van der Waals surface area (Å²) < 4.78 is 20.3. The normalized spacial score (nSPS) is 17.1. The van der Waals surface area contributed by atoms with Crippen molar-refractivity contribution in [1.82, 2.24) is 34.9 Å². The Morgan fingerprint density at radius 1 is 1.13 bits per heavy atom. The third-order valence-corrected chi connectivity index (χ3v) is 7.06. The van der Waals surface area contributed by atoms with Crippen LogP contribution < -0.4 is 10.2 Å². The minimum Gasteiger partial charge on any atom is -0.442 e. The van der Waals surface area contributed by atoms with Crippen LogP contribution in [0.15, 0.2) is 43.0 Å². The predicted octanol–water partition coefficient (Wildman–Crippen LogP) is 3.33. The molecule has 1 unspecified atom stereocenters. The summed E-state index contributed by atoms with van der Waals surface area (Å²) in [6.45, 7) is 6.98. The highest BCUT2D eigenvalue weighted by Gasteiger charge is 2.32. The molecule has 1 fully saturated rings. The molecule has 11 nitrogen and oxygen atoms in total. The van der Waals surface area contributed by atoms with Crippen LogP contribution in [0.4, 0.5) is 16.3 Å². The maximum absolute atomic E-state index is 13.5. The van der Waals surface area contributed by atoms with Crippen molar-refractivity contribution in [2.24, 2.45) is 5.41 Å². The highest BCUT2D eigenvalue weighted by Crippen LogP contribution is 2.30. The van der Waals surface area contributed by atoms with Gasteiger partial charge in [-0.05, 0) is 56.9 Å². The number of hydrogen-bond donors (Lipinski definition) is 2. The topological polar surface area (TPSA) is 127 Å². The first kappa shape index (κ1) is 25.0. The maximum atomic E-state index is 13.5. The van der Waals surface area contributed by atoms with Crippen LogP contribution in [0.5, 0.6) is 0 Å². The van der Waals surface area contributed by atoms with Crippen LogP contribution in [0.2, 0.25) is 0 Å². The lowest BCUT2D eigenvalue weighted by Crippen LogP contribution is -2.45. The van der Waals surface area contributed by atoms with E-state index in [0.717, 1.165) is 60.0 Å². The van der Waals surface area contributed by atoms with E-state index in [1.807, 2.05) is 33.0 Å². The smallest absolute Gasteiger partial charge is 0.313 e. The van der Waals surface area contributed by atoms with E-state index in [0.29, 0.717) is 5.95 Å². The molecule has 202 valence electrons. The molecule has 0 amide bonds. The van der Waals surface area contributed by atoms with Gasteiger partial charge in [0.15, 0.2) is 6.73 Å². The third-order valence-electron chi connectivity index (χ3n) is 7.06. The van der Waals surface area contributed by atoms with E-state index < -0.39 is 5.41 Å². The molecule has 2 aliphatic rings. The van der Waals surface area contributed by atoms with Crippen molar-refractivity contribution in [3.8, 4) is 11.3 Å². The molecule has 1 atom stereocenters. The van der Waals surface area contributed by atoms with Crippen LogP contribution >= 0.6 is 0 Å². The number of anilines is 2. The van der Waals surface area contributed by atoms with Gasteiger partial charge in [-0.15, -0.1) is 5.10 Å². The van der Waals surface area contributed by atoms with Gasteiger partial charge in [0.25, 0.3) is 0 Å². The Kier molecular flexibility index (Phi) is 6.24. The second-order valence-corrected chi connectivity index (χ2v) is 11.2. The molecule has 12 heteroatoms. The number of aromatic nitrogens is 7. The highest BCUT2D eigenvalue weighted by molar-refractivity contribution is 5.75. The van der Waals surface area contributed by atoms with Crippen molar-refractivity contribution < 1.29 is 13.9 Å². The van der Waals surface area contributed by atoms with E-state index in [-0.39, 0.29) is 30.5 Å². The summed E-state index contributed by atoms with van der Waals surface area (Å²) in [6.07, 6.45) is 8.69. The first-order valence-electron chi connectivity index (χ1n) is 12.9. The van der Waals surface area contributed by atoms with Crippen molar-refractivity contribution in [2.45, 2.75) is 52.3 Å². The molecule has 1 aliphatic carbocycles. The van der Waals surface area contributed by atoms with Gasteiger partial charge in [0, 0.05) is 43.0 Å². The largest absolute Gasteiger partial charge is 0.442 e. The van der Waals surface area contributed by atoms with Gasteiger partial charge >= 0.3 is 5.97 Å². The molecule has 0 radical (unpaired) electrons. The minimum atomic E-state index is -0.559. The number of halogens is 1. The van der Waals surface area contributed by atoms with E-state index in [2.05, 4.69) is 40.5 Å². The van der Waals surface area contributed by atoms with Crippen LogP contribution in [-0.4, -0.2) is 60.0 Å². The zero-order valence-electron chi connectivity index (χ0n) is 22.1. The standard InChI is InChI=1S/C27H30FN9O2/c1-27(2,3)24(38)39-15-37-14-23(34-35-37)19-12-36(13-19)26-31-11-22(33-26)18-9-29-25(30-10-18)32-21-7-16-4-5-20(28)6-17(16)8-21/h4-6,9-11,14,19,21H,7-8,12-13,15H2,1-3H3,(H,31,33)(H,29,30,32). The van der Waals surface area contributed by atoms with Crippen molar-refractivity contribution in [3.05, 3.63) is 65.6 Å². The number of nitrogens with zero attached hydrogens (tertiary/aromatic N) is 7. The number of benzene rings is 1. The molecule has 0 spiro atoms. The summed E-state index contributed by atoms with van der Waals surface area (Å²) in [5.74, 6) is 1.05. The van der Waals surface area contributed by atoms with Gasteiger partial charge in [-0.2, -0.15) is 0 Å². The lowest BCUT2D eigenvalue weighted by Gasteiger charge is -2.37. The number of ether oxygens (including phenoxy) is 1. The fourth-order valence-corrected chi connectivity index (χ4v) is 4.77. The Morgan fingerprint density at radius 2 is 1.90 bits per heavy atom. The van der Waals surface area contributed by atoms with E-state index in [9.17, 15) is 9.18 Å². The van der Waals surface area contributed by atoms with Crippen LogP contribution in [0.25, 0.3) is 11.3 Å². The summed E-state index contributed by atoms with van der Waals surface area (Å²) in [7, 11) is 0. The number of nitrogens with one attached hydrogen (secondary N) is 2. The van der Waals surface area contributed by atoms with E-state index >= 15 is 0 Å². The second kappa shape index (κ2) is 9.75. The number of aromatic amines is 1. The lowest BCUT2D eigenvalue weighted by atomic mass is 9.97. The zero-order valence-corrected chi connectivity index (χ0v) is 22.1. The van der Waals surface area contributed by atoms with Crippen LogP contribution in [0.1, 0.15) is 43.5 Å². The lowest BCUT2D eigenvalue weighted by molar-refractivity contribution is -0.157. The number of fused-ring (bicyclic) bond motifs is 1. The van der Waals surface area contributed by atoms with E-state index in [1.54, 1.807) is 24.7 Å². The van der Waals surface area contributed by atoms with Crippen molar-refractivity contribution in [3.63, 3.8) is 0 Å². The number of imidazole rings is 1. The molecule has 0 bridgehead atoms. The summed E-state index contributed by atoms with van der Waals surface area (Å²) in [5, 5.41) is 11.7. The molecule has 1 aromatic carbocycles. The Balaban J connectivity index is 1.01. The molecule has 1 saturated heterocycles. The molecule has 39 heavy (non-hydrogen) atoms. The molecular formula is C27H30FN9O2. The van der Waals surface area contributed by atoms with Gasteiger partial charge in [-0.1, -0.05) is 11.3 Å². The fourth-order valence-electron chi connectivity index (χ4n) is 4.77. The first-order valence-corrected chi connectivity index (χ1v) is 12.9. The van der Waals surface area contributed by atoms with E-state index in [1.165, 1.54) is 10.7 Å². The van der Waals surface area contributed by atoms with Crippen molar-refractivity contribution in [1.29, 1.82) is 0 Å².